The van der Waals surface area contributed by atoms with Crippen molar-refractivity contribution in [2.24, 2.45) is 0 Å². The van der Waals surface area contributed by atoms with Crippen molar-refractivity contribution in [1.82, 2.24) is 9.97 Å². The van der Waals surface area contributed by atoms with E-state index in [1.807, 2.05) is 26.0 Å². The maximum absolute atomic E-state index is 5.67. The Balaban J connectivity index is 0.000000637. The van der Waals surface area contributed by atoms with Crippen LogP contribution in [0.15, 0.2) is 18.3 Å². The number of nitrogens with zero attached hydrogens (tertiary/aromatic N) is 2. The second kappa shape index (κ2) is 5.87. The van der Waals surface area contributed by atoms with Crippen LogP contribution in [0.25, 0.3) is 11.0 Å². The SMILES string of the molecule is CC.COc1cnc2ccc3c(c2n1)C(C)CCO3. The van der Waals surface area contributed by atoms with Crippen molar-refractivity contribution in [2.75, 3.05) is 13.7 Å². The first-order chi connectivity index (χ1) is 9.29. The second-order valence-electron chi connectivity index (χ2n) is 4.30. The standard InChI is InChI=1S/C13H14N2O2.C2H6/c1-8-5-6-17-10-4-3-9-13(12(8)10)15-11(16-2)7-14-9;1-2/h3-4,7-8H,5-6H2,1-2H3;1-2H3. The molecule has 2 aromatic rings. The number of benzene rings is 1. The second-order valence-corrected chi connectivity index (χ2v) is 4.30. The van der Waals surface area contributed by atoms with Gasteiger partial charge in [-0.2, -0.15) is 0 Å². The molecule has 0 saturated heterocycles. The highest BCUT2D eigenvalue weighted by atomic mass is 16.5. The normalized spacial score (nSPS) is 16.9. The smallest absolute Gasteiger partial charge is 0.232 e. The van der Waals surface area contributed by atoms with Crippen LogP contribution in [0.4, 0.5) is 0 Å². The van der Waals surface area contributed by atoms with Crippen molar-refractivity contribution in [3.05, 3.63) is 23.9 Å². The van der Waals surface area contributed by atoms with Crippen molar-refractivity contribution in [2.45, 2.75) is 33.1 Å². The van der Waals surface area contributed by atoms with Gasteiger partial charge in [0.2, 0.25) is 5.88 Å². The zero-order chi connectivity index (χ0) is 13.8. The van der Waals surface area contributed by atoms with E-state index in [0.29, 0.717) is 11.8 Å². The van der Waals surface area contributed by atoms with Gasteiger partial charge in [0.05, 0.1) is 30.9 Å². The van der Waals surface area contributed by atoms with Gasteiger partial charge in [0, 0.05) is 5.56 Å². The fraction of sp³-hybridized carbons (Fsp3) is 0.467. The van der Waals surface area contributed by atoms with Gasteiger partial charge >= 0.3 is 0 Å². The number of fused-ring (bicyclic) bond motifs is 3. The van der Waals surface area contributed by atoms with Crippen molar-refractivity contribution < 1.29 is 9.47 Å². The Morgan fingerprint density at radius 3 is 2.84 bits per heavy atom. The van der Waals surface area contributed by atoms with Crippen LogP contribution in [-0.2, 0) is 0 Å². The molecule has 1 aromatic heterocycles. The van der Waals surface area contributed by atoms with Crippen molar-refractivity contribution >= 4 is 11.0 Å². The molecule has 4 heteroatoms. The third kappa shape index (κ3) is 2.48. The predicted octanol–water partition coefficient (Wildman–Crippen LogP) is 3.55. The molecule has 19 heavy (non-hydrogen) atoms. The molecule has 102 valence electrons. The van der Waals surface area contributed by atoms with Crippen molar-refractivity contribution in [3.63, 3.8) is 0 Å². The summed E-state index contributed by atoms with van der Waals surface area (Å²) in [4.78, 5) is 8.84. The van der Waals surface area contributed by atoms with E-state index in [1.165, 1.54) is 0 Å². The van der Waals surface area contributed by atoms with Gasteiger partial charge in [-0.05, 0) is 24.5 Å². The number of rotatable bonds is 1. The minimum absolute atomic E-state index is 0.448. The Morgan fingerprint density at radius 2 is 2.11 bits per heavy atom. The van der Waals surface area contributed by atoms with Gasteiger partial charge < -0.3 is 9.47 Å². The Hall–Kier alpha value is -1.84. The van der Waals surface area contributed by atoms with Crippen LogP contribution < -0.4 is 9.47 Å². The summed E-state index contributed by atoms with van der Waals surface area (Å²) in [6.45, 7) is 6.97. The minimum Gasteiger partial charge on any atom is -0.493 e. The van der Waals surface area contributed by atoms with Crippen LogP contribution in [0.3, 0.4) is 0 Å². The van der Waals surface area contributed by atoms with Crippen LogP contribution in [0.2, 0.25) is 0 Å². The Kier molecular flexibility index (Phi) is 4.20. The molecule has 0 bridgehead atoms. The first-order valence-corrected chi connectivity index (χ1v) is 6.76. The van der Waals surface area contributed by atoms with Gasteiger partial charge in [-0.15, -0.1) is 0 Å². The monoisotopic (exact) mass is 260 g/mol. The molecule has 1 aliphatic heterocycles. The highest BCUT2D eigenvalue weighted by molar-refractivity contribution is 5.81. The number of hydrogen-bond acceptors (Lipinski definition) is 4. The van der Waals surface area contributed by atoms with Crippen molar-refractivity contribution in [1.29, 1.82) is 0 Å². The largest absolute Gasteiger partial charge is 0.493 e. The van der Waals surface area contributed by atoms with E-state index < -0.39 is 0 Å². The summed E-state index contributed by atoms with van der Waals surface area (Å²) in [5.41, 5.74) is 2.94. The predicted molar refractivity (Wildman–Crippen MR) is 76.0 cm³/mol. The fourth-order valence-electron chi connectivity index (χ4n) is 2.25. The molecule has 0 spiro atoms. The van der Waals surface area contributed by atoms with E-state index >= 15 is 0 Å². The fourth-order valence-corrected chi connectivity index (χ4v) is 2.25. The number of hydrogen-bond donors (Lipinski definition) is 0. The van der Waals surface area contributed by atoms with Crippen LogP contribution in [0, 0.1) is 0 Å². The molecular weight excluding hydrogens is 240 g/mol. The zero-order valence-electron chi connectivity index (χ0n) is 11.9. The molecule has 3 rings (SSSR count). The summed E-state index contributed by atoms with van der Waals surface area (Å²) in [6.07, 6.45) is 2.66. The van der Waals surface area contributed by atoms with Gasteiger partial charge in [-0.25, -0.2) is 9.97 Å². The van der Waals surface area contributed by atoms with Gasteiger partial charge in [-0.3, -0.25) is 0 Å². The number of methoxy groups -OCH3 is 1. The van der Waals surface area contributed by atoms with Gasteiger partial charge in [0.1, 0.15) is 5.75 Å². The first kappa shape index (κ1) is 13.6. The van der Waals surface area contributed by atoms with Crippen molar-refractivity contribution in [3.8, 4) is 11.6 Å². The Bertz CT molecular complexity index is 564. The van der Waals surface area contributed by atoms with Gasteiger partial charge in [0.15, 0.2) is 0 Å². The molecule has 2 heterocycles. The van der Waals surface area contributed by atoms with E-state index in [9.17, 15) is 0 Å². The summed E-state index contributed by atoms with van der Waals surface area (Å²) < 4.78 is 10.8. The summed E-state index contributed by atoms with van der Waals surface area (Å²) >= 11 is 0. The molecule has 0 radical (unpaired) electrons. The van der Waals surface area contributed by atoms with Gasteiger partial charge in [-0.1, -0.05) is 20.8 Å². The molecule has 0 aliphatic carbocycles. The minimum atomic E-state index is 0.448. The molecule has 0 fully saturated rings. The van der Waals surface area contributed by atoms with E-state index in [4.69, 9.17) is 9.47 Å². The molecule has 1 aromatic carbocycles. The summed E-state index contributed by atoms with van der Waals surface area (Å²) in [6, 6.07) is 3.92. The third-order valence-electron chi connectivity index (χ3n) is 3.20. The highest BCUT2D eigenvalue weighted by Crippen LogP contribution is 2.37. The van der Waals surface area contributed by atoms with Crippen LogP contribution >= 0.6 is 0 Å². The average molecular weight is 260 g/mol. The molecule has 0 N–H and O–H groups in total. The molecule has 1 atom stereocenters. The van der Waals surface area contributed by atoms with Crippen LogP contribution in [0.5, 0.6) is 11.6 Å². The van der Waals surface area contributed by atoms with Gasteiger partial charge in [0.25, 0.3) is 0 Å². The van der Waals surface area contributed by atoms with E-state index in [2.05, 4.69) is 16.9 Å². The van der Waals surface area contributed by atoms with E-state index in [-0.39, 0.29) is 0 Å². The molecule has 0 saturated carbocycles. The summed E-state index contributed by atoms with van der Waals surface area (Å²) in [5, 5.41) is 0. The zero-order valence-corrected chi connectivity index (χ0v) is 11.9. The lowest BCUT2D eigenvalue weighted by Crippen LogP contribution is -2.13. The topological polar surface area (TPSA) is 44.2 Å². The number of ether oxygens (including phenoxy) is 2. The maximum Gasteiger partial charge on any atom is 0.232 e. The first-order valence-electron chi connectivity index (χ1n) is 6.76. The summed E-state index contributed by atoms with van der Waals surface area (Å²) in [7, 11) is 1.60. The lowest BCUT2D eigenvalue weighted by atomic mass is 9.93. The molecule has 4 nitrogen and oxygen atoms in total. The highest BCUT2D eigenvalue weighted by Gasteiger charge is 2.21. The Labute approximate surface area is 113 Å². The van der Waals surface area contributed by atoms with Crippen LogP contribution in [-0.4, -0.2) is 23.7 Å². The lowest BCUT2D eigenvalue weighted by molar-refractivity contribution is 0.273. The number of aromatic nitrogens is 2. The maximum atomic E-state index is 5.67. The quantitative estimate of drug-likeness (QED) is 0.786. The van der Waals surface area contributed by atoms with Crippen LogP contribution in [0.1, 0.15) is 38.7 Å². The van der Waals surface area contributed by atoms with E-state index in [0.717, 1.165) is 35.4 Å². The molecule has 1 aliphatic rings. The third-order valence-corrected chi connectivity index (χ3v) is 3.20. The Morgan fingerprint density at radius 1 is 1.32 bits per heavy atom. The summed E-state index contributed by atoms with van der Waals surface area (Å²) in [5.74, 6) is 1.92. The molecule has 0 amide bonds. The molecule has 1 unspecified atom stereocenters. The lowest BCUT2D eigenvalue weighted by Gasteiger charge is -2.23. The molecular formula is C15H20N2O2. The van der Waals surface area contributed by atoms with E-state index in [1.54, 1.807) is 13.3 Å². The average Bonchev–Trinajstić information content (AvgIpc) is 2.48.